The summed E-state index contributed by atoms with van der Waals surface area (Å²) in [4.78, 5) is 4.51. The van der Waals surface area contributed by atoms with Gasteiger partial charge in [-0.25, -0.2) is 0 Å². The minimum absolute atomic E-state index is 1.04. The van der Waals surface area contributed by atoms with Crippen LogP contribution in [0.1, 0.15) is 16.8 Å². The van der Waals surface area contributed by atoms with E-state index in [1.807, 2.05) is 12.3 Å². The highest BCUT2D eigenvalue weighted by Gasteiger charge is 2.19. The van der Waals surface area contributed by atoms with E-state index < -0.39 is 0 Å². The van der Waals surface area contributed by atoms with Gasteiger partial charge >= 0.3 is 0 Å². The molecule has 0 unspecified atom stereocenters. The summed E-state index contributed by atoms with van der Waals surface area (Å²) in [6, 6.07) is 51.2. The Bertz CT molecular complexity index is 2320. The summed E-state index contributed by atoms with van der Waals surface area (Å²) < 4.78 is 0. The minimum Gasteiger partial charge on any atom is -0.261 e. The largest absolute Gasteiger partial charge is 0.261 e. The smallest absolute Gasteiger partial charge is 0.0450 e. The van der Waals surface area contributed by atoms with Crippen molar-refractivity contribution in [1.82, 2.24) is 4.98 Å². The lowest BCUT2D eigenvalue weighted by Crippen LogP contribution is -1.94. The number of benzene rings is 7. The van der Waals surface area contributed by atoms with Crippen LogP contribution in [0.3, 0.4) is 0 Å². The first kappa shape index (κ1) is 27.0. The SMILES string of the molecule is Cc1cccc(C)c1-c1ccc(-c2c3ccccc3c(-c3ccc(-c4cccnc4C)cc3)c3ccccc23)c2ccccc12. The van der Waals surface area contributed by atoms with Gasteiger partial charge in [-0.1, -0.05) is 133 Å². The minimum atomic E-state index is 1.04. The Balaban J connectivity index is 1.40. The fourth-order valence-corrected chi connectivity index (χ4v) is 7.31. The standard InChI is InChI=1S/C44H33N/c1-28-12-10-13-29(2)42(28)40-25-26-41(35-15-5-4-14-34(35)40)44-38-18-8-6-16-36(38)43(37-17-7-9-19-39(37)44)32-23-21-31(22-24-32)33-20-11-27-45-30(33)3/h4-27H,1-3H3. The van der Waals surface area contributed by atoms with Crippen molar-refractivity contribution in [3.05, 3.63) is 163 Å². The average Bonchev–Trinajstić information content (AvgIpc) is 3.08. The Kier molecular flexibility index (Phi) is 6.54. The number of hydrogen-bond donors (Lipinski definition) is 0. The number of aryl methyl sites for hydroxylation is 3. The van der Waals surface area contributed by atoms with Crippen molar-refractivity contribution in [3.63, 3.8) is 0 Å². The fourth-order valence-electron chi connectivity index (χ4n) is 7.31. The highest BCUT2D eigenvalue weighted by molar-refractivity contribution is 6.24. The van der Waals surface area contributed by atoms with E-state index in [9.17, 15) is 0 Å². The first-order valence-electron chi connectivity index (χ1n) is 15.6. The highest BCUT2D eigenvalue weighted by atomic mass is 14.7. The van der Waals surface area contributed by atoms with Gasteiger partial charge < -0.3 is 0 Å². The molecular formula is C44H33N. The van der Waals surface area contributed by atoms with E-state index in [0.717, 1.165) is 5.69 Å². The van der Waals surface area contributed by atoms with Crippen LogP contribution in [0.5, 0.6) is 0 Å². The monoisotopic (exact) mass is 575 g/mol. The van der Waals surface area contributed by atoms with Gasteiger partial charge in [0.05, 0.1) is 0 Å². The molecule has 0 saturated heterocycles. The van der Waals surface area contributed by atoms with Gasteiger partial charge in [-0.05, 0) is 109 Å². The summed E-state index contributed by atoms with van der Waals surface area (Å²) in [5.74, 6) is 0. The summed E-state index contributed by atoms with van der Waals surface area (Å²) in [5, 5.41) is 7.62. The van der Waals surface area contributed by atoms with Gasteiger partial charge in [0.25, 0.3) is 0 Å². The van der Waals surface area contributed by atoms with Crippen molar-refractivity contribution in [1.29, 1.82) is 0 Å². The van der Waals surface area contributed by atoms with E-state index in [4.69, 9.17) is 0 Å². The molecule has 1 nitrogen and oxygen atoms in total. The second-order valence-electron chi connectivity index (χ2n) is 12.0. The number of hydrogen-bond acceptors (Lipinski definition) is 1. The van der Waals surface area contributed by atoms with Crippen molar-refractivity contribution in [2.45, 2.75) is 20.8 Å². The van der Waals surface area contributed by atoms with Crippen molar-refractivity contribution in [3.8, 4) is 44.5 Å². The molecule has 0 atom stereocenters. The lowest BCUT2D eigenvalue weighted by atomic mass is 9.83. The lowest BCUT2D eigenvalue weighted by Gasteiger charge is -2.20. The summed E-state index contributed by atoms with van der Waals surface area (Å²) >= 11 is 0. The van der Waals surface area contributed by atoms with Crippen molar-refractivity contribution in [2.24, 2.45) is 0 Å². The van der Waals surface area contributed by atoms with Crippen LogP contribution in [0.4, 0.5) is 0 Å². The molecule has 1 heteroatoms. The summed E-state index contributed by atoms with van der Waals surface area (Å²) in [5.41, 5.74) is 13.7. The Labute approximate surface area is 264 Å². The third-order valence-electron chi connectivity index (χ3n) is 9.37. The van der Waals surface area contributed by atoms with Gasteiger partial charge in [-0.15, -0.1) is 0 Å². The maximum Gasteiger partial charge on any atom is 0.0450 e. The van der Waals surface area contributed by atoms with E-state index in [1.54, 1.807) is 0 Å². The van der Waals surface area contributed by atoms with Gasteiger partial charge in [-0.3, -0.25) is 4.98 Å². The molecule has 0 saturated carbocycles. The molecule has 0 radical (unpaired) electrons. The van der Waals surface area contributed by atoms with E-state index in [2.05, 4.69) is 159 Å². The highest BCUT2D eigenvalue weighted by Crippen LogP contribution is 2.47. The Morgan fingerprint density at radius 3 is 1.33 bits per heavy atom. The van der Waals surface area contributed by atoms with Crippen LogP contribution in [-0.2, 0) is 0 Å². The van der Waals surface area contributed by atoms with Crippen LogP contribution in [0.15, 0.2) is 146 Å². The van der Waals surface area contributed by atoms with Crippen LogP contribution < -0.4 is 0 Å². The molecule has 0 amide bonds. The quantitative estimate of drug-likeness (QED) is 0.190. The summed E-state index contributed by atoms with van der Waals surface area (Å²) in [6.45, 7) is 6.51. The van der Waals surface area contributed by atoms with E-state index in [1.165, 1.54) is 88.0 Å². The average molecular weight is 576 g/mol. The van der Waals surface area contributed by atoms with Crippen LogP contribution in [0.2, 0.25) is 0 Å². The molecule has 0 bridgehead atoms. The van der Waals surface area contributed by atoms with Gasteiger partial charge in [0, 0.05) is 17.5 Å². The van der Waals surface area contributed by atoms with Gasteiger partial charge in [-0.2, -0.15) is 0 Å². The molecule has 214 valence electrons. The van der Waals surface area contributed by atoms with Gasteiger partial charge in [0.15, 0.2) is 0 Å². The van der Waals surface area contributed by atoms with Crippen molar-refractivity contribution in [2.75, 3.05) is 0 Å². The maximum atomic E-state index is 4.51. The summed E-state index contributed by atoms with van der Waals surface area (Å²) in [7, 11) is 0. The van der Waals surface area contributed by atoms with Crippen LogP contribution >= 0.6 is 0 Å². The predicted molar refractivity (Wildman–Crippen MR) is 193 cm³/mol. The molecule has 0 N–H and O–H groups in total. The number of pyridine rings is 1. The zero-order valence-corrected chi connectivity index (χ0v) is 25.8. The first-order chi connectivity index (χ1) is 22.1. The van der Waals surface area contributed by atoms with E-state index in [-0.39, 0.29) is 0 Å². The molecule has 0 aliphatic carbocycles. The molecule has 0 aliphatic rings. The molecule has 8 rings (SSSR count). The topological polar surface area (TPSA) is 12.9 Å². The Morgan fingerprint density at radius 2 is 0.800 bits per heavy atom. The number of rotatable bonds is 4. The molecule has 0 spiro atoms. The first-order valence-corrected chi connectivity index (χ1v) is 15.6. The number of aromatic nitrogens is 1. The van der Waals surface area contributed by atoms with Crippen LogP contribution in [-0.4, -0.2) is 4.98 Å². The Morgan fingerprint density at radius 1 is 0.333 bits per heavy atom. The summed E-state index contributed by atoms with van der Waals surface area (Å²) in [6.07, 6.45) is 1.85. The zero-order chi connectivity index (χ0) is 30.5. The normalized spacial score (nSPS) is 11.4. The third kappa shape index (κ3) is 4.43. The molecule has 8 aromatic rings. The zero-order valence-electron chi connectivity index (χ0n) is 25.8. The second kappa shape index (κ2) is 10.9. The predicted octanol–water partition coefficient (Wildman–Crippen LogP) is 12.1. The molecular weight excluding hydrogens is 542 g/mol. The van der Waals surface area contributed by atoms with Crippen LogP contribution in [0.25, 0.3) is 76.8 Å². The van der Waals surface area contributed by atoms with Gasteiger partial charge in [0.2, 0.25) is 0 Å². The maximum absolute atomic E-state index is 4.51. The lowest BCUT2D eigenvalue weighted by molar-refractivity contribution is 1.20. The molecule has 1 aromatic heterocycles. The van der Waals surface area contributed by atoms with E-state index >= 15 is 0 Å². The number of fused-ring (bicyclic) bond motifs is 3. The van der Waals surface area contributed by atoms with Gasteiger partial charge in [0.1, 0.15) is 0 Å². The molecule has 1 heterocycles. The molecule has 0 aliphatic heterocycles. The molecule has 7 aromatic carbocycles. The van der Waals surface area contributed by atoms with E-state index in [0.29, 0.717) is 0 Å². The molecule has 45 heavy (non-hydrogen) atoms. The fraction of sp³-hybridized carbons (Fsp3) is 0.0682. The second-order valence-corrected chi connectivity index (χ2v) is 12.0. The van der Waals surface area contributed by atoms with Crippen LogP contribution in [0, 0.1) is 20.8 Å². The molecule has 0 fully saturated rings. The third-order valence-corrected chi connectivity index (χ3v) is 9.37. The van der Waals surface area contributed by atoms with Crippen molar-refractivity contribution < 1.29 is 0 Å². The Hall–Kier alpha value is -5.53. The number of nitrogens with zero attached hydrogens (tertiary/aromatic N) is 1. The van der Waals surface area contributed by atoms with Crippen molar-refractivity contribution >= 4 is 32.3 Å².